The highest BCUT2D eigenvalue weighted by Gasteiger charge is 2.49. The van der Waals surface area contributed by atoms with Crippen molar-refractivity contribution in [3.8, 4) is 11.5 Å². The van der Waals surface area contributed by atoms with E-state index in [-0.39, 0.29) is 11.8 Å². The molecule has 7 nitrogen and oxygen atoms in total. The number of nitrogens with two attached hydrogens (primary N) is 1. The molecule has 0 unspecified atom stereocenters. The first kappa shape index (κ1) is 36.9. The number of carbonyl (C=O) groups is 1. The molecule has 2 fully saturated rings. The first-order valence-electron chi connectivity index (χ1n) is 18.8. The maximum Gasteiger partial charge on any atom is 0.232 e. The number of hydrogen-bond donors (Lipinski definition) is 1. The van der Waals surface area contributed by atoms with Crippen LogP contribution in [0, 0.1) is 5.92 Å². The minimum Gasteiger partial charge on any atom is -0.496 e. The van der Waals surface area contributed by atoms with E-state index in [1.54, 1.807) is 14.2 Å². The van der Waals surface area contributed by atoms with Crippen molar-refractivity contribution in [2.24, 2.45) is 11.7 Å². The topological polar surface area (TPSA) is 71.3 Å². The van der Waals surface area contributed by atoms with E-state index < -0.39 is 5.41 Å². The number of ether oxygens (including phenoxy) is 2. The van der Waals surface area contributed by atoms with Gasteiger partial charge in [-0.15, -0.1) is 0 Å². The molecule has 2 aliphatic rings. The molecule has 2 saturated heterocycles. The quantitative estimate of drug-likeness (QED) is 0.137. The predicted octanol–water partition coefficient (Wildman–Crippen LogP) is 7.12. The lowest BCUT2D eigenvalue weighted by molar-refractivity contribution is -0.123. The van der Waals surface area contributed by atoms with Crippen LogP contribution in [-0.2, 0) is 16.8 Å². The Kier molecular flexibility index (Phi) is 14.0. The Morgan fingerprint density at radius 2 is 1.33 bits per heavy atom. The minimum atomic E-state index is -0.804. The first-order valence-corrected chi connectivity index (χ1v) is 18.8. The highest BCUT2D eigenvalue weighted by atomic mass is 16.5. The van der Waals surface area contributed by atoms with E-state index in [0.29, 0.717) is 6.04 Å². The molecule has 3 aromatic rings. The SMILES string of the molecule is CCCN(CCCCCCCN1CC[C@@H](C(C(N)=O)(c2ccccc2)c2ccccc2)C1)C1CCN(Cc2c(OC)cccc2OC)CC1. The molecule has 2 aliphatic heterocycles. The van der Waals surface area contributed by atoms with E-state index in [1.807, 2.05) is 54.6 Å². The predicted molar refractivity (Wildman–Crippen MR) is 200 cm³/mol. The van der Waals surface area contributed by atoms with Gasteiger partial charge < -0.3 is 25.0 Å². The summed E-state index contributed by atoms with van der Waals surface area (Å²) in [5, 5.41) is 0. The van der Waals surface area contributed by atoms with Crippen LogP contribution in [0.25, 0.3) is 0 Å². The lowest BCUT2D eigenvalue weighted by Crippen LogP contribution is -2.49. The maximum absolute atomic E-state index is 13.4. The summed E-state index contributed by atoms with van der Waals surface area (Å²) in [4.78, 5) is 21.3. The second-order valence-corrected chi connectivity index (χ2v) is 14.1. The Labute approximate surface area is 295 Å². The summed E-state index contributed by atoms with van der Waals surface area (Å²) in [6.45, 7) is 10.8. The van der Waals surface area contributed by atoms with Crippen LogP contribution in [0.4, 0.5) is 0 Å². The van der Waals surface area contributed by atoms with Gasteiger partial charge in [0.2, 0.25) is 5.91 Å². The van der Waals surface area contributed by atoms with Crippen molar-refractivity contribution in [1.29, 1.82) is 0 Å². The number of likely N-dealkylation sites (tertiary alicyclic amines) is 2. The molecule has 0 aromatic heterocycles. The van der Waals surface area contributed by atoms with Crippen LogP contribution in [0.1, 0.15) is 81.4 Å². The summed E-state index contributed by atoms with van der Waals surface area (Å²) in [7, 11) is 3.48. The molecule has 3 aromatic carbocycles. The third-order valence-corrected chi connectivity index (χ3v) is 11.1. The smallest absolute Gasteiger partial charge is 0.232 e. The molecule has 2 heterocycles. The molecule has 1 amide bonds. The van der Waals surface area contributed by atoms with Gasteiger partial charge in [-0.05, 0) is 107 Å². The van der Waals surface area contributed by atoms with Crippen molar-refractivity contribution in [2.45, 2.75) is 82.7 Å². The Balaban J connectivity index is 1.03. The van der Waals surface area contributed by atoms with Crippen molar-refractivity contribution >= 4 is 5.91 Å². The van der Waals surface area contributed by atoms with Crippen LogP contribution in [0.5, 0.6) is 11.5 Å². The molecule has 0 aliphatic carbocycles. The van der Waals surface area contributed by atoms with Crippen molar-refractivity contribution in [2.75, 3.05) is 60.0 Å². The highest BCUT2D eigenvalue weighted by molar-refractivity contribution is 5.91. The standard InChI is InChI=1S/C42H60N4O3/c1-4-26-46(37-24-30-45(31-25-37)33-38-39(48-2)21-16-22-40(38)49-3)28-15-7-5-6-14-27-44-29-23-36(32-44)42(41(43)47,34-17-10-8-11-18-34)35-19-12-9-13-20-35/h8-13,16-22,36-37H,4-7,14-15,23-33H2,1-3H3,(H2,43,47)/t36-/m1/s1. The summed E-state index contributed by atoms with van der Waals surface area (Å²) in [6, 6.07) is 27.2. The Bertz CT molecular complexity index is 1350. The van der Waals surface area contributed by atoms with Gasteiger partial charge in [0, 0.05) is 19.1 Å². The average Bonchev–Trinajstić information content (AvgIpc) is 3.61. The molecule has 2 N–H and O–H groups in total. The highest BCUT2D eigenvalue weighted by Crippen LogP contribution is 2.43. The average molecular weight is 669 g/mol. The fourth-order valence-electron chi connectivity index (χ4n) is 8.61. The monoisotopic (exact) mass is 668 g/mol. The van der Waals surface area contributed by atoms with Crippen LogP contribution in [-0.4, -0.2) is 86.7 Å². The van der Waals surface area contributed by atoms with E-state index in [4.69, 9.17) is 15.2 Å². The van der Waals surface area contributed by atoms with Crippen molar-refractivity contribution < 1.29 is 14.3 Å². The van der Waals surface area contributed by atoms with Gasteiger partial charge in [-0.25, -0.2) is 0 Å². The van der Waals surface area contributed by atoms with Gasteiger partial charge in [0.1, 0.15) is 16.9 Å². The maximum atomic E-state index is 13.4. The molecule has 1 atom stereocenters. The van der Waals surface area contributed by atoms with Gasteiger partial charge in [-0.3, -0.25) is 9.69 Å². The fraction of sp³-hybridized carbons (Fsp3) is 0.548. The second-order valence-electron chi connectivity index (χ2n) is 14.1. The number of unbranched alkanes of at least 4 members (excludes halogenated alkanes) is 4. The second kappa shape index (κ2) is 18.6. The lowest BCUT2D eigenvalue weighted by atomic mass is 9.64. The lowest BCUT2D eigenvalue weighted by Gasteiger charge is -2.39. The first-order chi connectivity index (χ1) is 24.0. The third-order valence-electron chi connectivity index (χ3n) is 11.1. The van der Waals surface area contributed by atoms with Crippen LogP contribution < -0.4 is 15.2 Å². The molecule has 266 valence electrons. The summed E-state index contributed by atoms with van der Waals surface area (Å²) < 4.78 is 11.3. The number of hydrogen-bond acceptors (Lipinski definition) is 6. The van der Waals surface area contributed by atoms with Crippen LogP contribution in [0.2, 0.25) is 0 Å². The minimum absolute atomic E-state index is 0.162. The Hall–Kier alpha value is -3.39. The molecule has 49 heavy (non-hydrogen) atoms. The summed E-state index contributed by atoms with van der Waals surface area (Å²) >= 11 is 0. The van der Waals surface area contributed by atoms with Crippen molar-refractivity contribution in [3.05, 3.63) is 95.6 Å². The zero-order valence-corrected chi connectivity index (χ0v) is 30.3. The zero-order chi connectivity index (χ0) is 34.5. The molecule has 5 rings (SSSR count). The van der Waals surface area contributed by atoms with Gasteiger partial charge in [0.05, 0.1) is 19.8 Å². The van der Waals surface area contributed by atoms with Gasteiger partial charge in [-0.2, -0.15) is 0 Å². The normalized spacial score (nSPS) is 17.8. The van der Waals surface area contributed by atoms with Crippen LogP contribution in [0.3, 0.4) is 0 Å². The number of carbonyl (C=O) groups excluding carboxylic acids is 1. The number of primary amides is 1. The van der Waals surface area contributed by atoms with Crippen molar-refractivity contribution in [3.63, 3.8) is 0 Å². The molecule has 7 heteroatoms. The molecular weight excluding hydrogens is 608 g/mol. The number of methoxy groups -OCH3 is 2. The van der Waals surface area contributed by atoms with E-state index in [2.05, 4.69) is 45.9 Å². The van der Waals surface area contributed by atoms with Gasteiger partial charge >= 0.3 is 0 Å². The molecular formula is C42H60N4O3. The zero-order valence-electron chi connectivity index (χ0n) is 30.3. The Morgan fingerprint density at radius 3 is 1.90 bits per heavy atom. The largest absolute Gasteiger partial charge is 0.496 e. The number of benzene rings is 3. The molecule has 0 saturated carbocycles. The van der Waals surface area contributed by atoms with E-state index in [0.717, 1.165) is 73.9 Å². The van der Waals surface area contributed by atoms with Crippen LogP contribution >= 0.6 is 0 Å². The number of rotatable bonds is 19. The summed E-state index contributed by atoms with van der Waals surface area (Å²) in [5.41, 5.74) is 8.67. The molecule has 0 spiro atoms. The number of piperidine rings is 1. The van der Waals surface area contributed by atoms with Crippen LogP contribution in [0.15, 0.2) is 78.9 Å². The van der Waals surface area contributed by atoms with Gasteiger partial charge in [-0.1, -0.05) is 92.9 Å². The fourth-order valence-corrected chi connectivity index (χ4v) is 8.61. The summed E-state index contributed by atoms with van der Waals surface area (Å²) in [5.74, 6) is 1.74. The number of amides is 1. The Morgan fingerprint density at radius 1 is 0.755 bits per heavy atom. The van der Waals surface area contributed by atoms with E-state index >= 15 is 0 Å². The van der Waals surface area contributed by atoms with E-state index in [9.17, 15) is 4.79 Å². The molecule has 0 bridgehead atoms. The molecule has 0 radical (unpaired) electrons. The van der Waals surface area contributed by atoms with Gasteiger partial charge in [0.15, 0.2) is 0 Å². The number of nitrogens with zero attached hydrogens (tertiary/aromatic N) is 3. The third kappa shape index (κ3) is 9.05. The van der Waals surface area contributed by atoms with Gasteiger partial charge in [0.25, 0.3) is 0 Å². The van der Waals surface area contributed by atoms with E-state index in [1.165, 1.54) is 64.5 Å². The summed E-state index contributed by atoms with van der Waals surface area (Å²) in [6.07, 6.45) is 11.0. The van der Waals surface area contributed by atoms with Crippen molar-refractivity contribution in [1.82, 2.24) is 14.7 Å².